The lowest BCUT2D eigenvalue weighted by Crippen LogP contribution is -2.07. The van der Waals surface area contributed by atoms with E-state index in [0.29, 0.717) is 0 Å². The van der Waals surface area contributed by atoms with E-state index in [1.807, 2.05) is 6.07 Å². The standard InChI is InChI=1S/C17H24N4/c1-4-6-15-20-16(18-11-5-2)12-17(21-15)19-14-9-7-13(3)8-10-14/h7-10,12H,4-6,11H2,1-3H3,(H2,18,19,20,21). The predicted octanol–water partition coefficient (Wildman–Crippen LogP) is 4.30. The van der Waals surface area contributed by atoms with Crippen molar-refractivity contribution in [1.82, 2.24) is 9.97 Å². The molecule has 0 radical (unpaired) electrons. The summed E-state index contributed by atoms with van der Waals surface area (Å²) in [5, 5.41) is 6.69. The molecule has 1 aromatic heterocycles. The van der Waals surface area contributed by atoms with Gasteiger partial charge in [-0.1, -0.05) is 31.5 Å². The normalized spacial score (nSPS) is 10.4. The third kappa shape index (κ3) is 4.74. The van der Waals surface area contributed by atoms with Crippen LogP contribution in [0.5, 0.6) is 0 Å². The molecule has 0 aliphatic heterocycles. The minimum Gasteiger partial charge on any atom is -0.370 e. The van der Waals surface area contributed by atoms with Gasteiger partial charge in [-0.25, -0.2) is 9.97 Å². The number of nitrogens with zero attached hydrogens (tertiary/aromatic N) is 2. The molecule has 2 aromatic rings. The van der Waals surface area contributed by atoms with Crippen molar-refractivity contribution in [2.75, 3.05) is 17.2 Å². The highest BCUT2D eigenvalue weighted by Gasteiger charge is 2.04. The van der Waals surface area contributed by atoms with Gasteiger partial charge in [-0.2, -0.15) is 0 Å². The van der Waals surface area contributed by atoms with Crippen LogP contribution >= 0.6 is 0 Å². The first-order valence-corrected chi connectivity index (χ1v) is 7.66. The van der Waals surface area contributed by atoms with Crippen LogP contribution in [0.2, 0.25) is 0 Å². The van der Waals surface area contributed by atoms with Gasteiger partial charge in [0.25, 0.3) is 0 Å². The molecular weight excluding hydrogens is 260 g/mol. The second kappa shape index (κ2) is 7.62. The third-order valence-electron chi connectivity index (χ3n) is 3.13. The molecule has 0 fully saturated rings. The lowest BCUT2D eigenvalue weighted by Gasteiger charge is -2.11. The molecule has 0 spiro atoms. The van der Waals surface area contributed by atoms with Gasteiger partial charge < -0.3 is 10.6 Å². The first kappa shape index (κ1) is 15.3. The highest BCUT2D eigenvalue weighted by atomic mass is 15.1. The first-order valence-electron chi connectivity index (χ1n) is 7.66. The Labute approximate surface area is 127 Å². The summed E-state index contributed by atoms with van der Waals surface area (Å²) in [6.07, 6.45) is 3.01. The Morgan fingerprint density at radius 3 is 2.33 bits per heavy atom. The molecule has 4 nitrogen and oxygen atoms in total. The monoisotopic (exact) mass is 284 g/mol. The van der Waals surface area contributed by atoms with Gasteiger partial charge >= 0.3 is 0 Å². The summed E-state index contributed by atoms with van der Waals surface area (Å²) < 4.78 is 0. The molecule has 1 aromatic carbocycles. The first-order chi connectivity index (χ1) is 10.2. The number of aryl methyl sites for hydroxylation is 2. The van der Waals surface area contributed by atoms with Gasteiger partial charge in [-0.3, -0.25) is 0 Å². The van der Waals surface area contributed by atoms with Crippen LogP contribution in [-0.2, 0) is 6.42 Å². The van der Waals surface area contributed by atoms with E-state index in [4.69, 9.17) is 0 Å². The summed E-state index contributed by atoms with van der Waals surface area (Å²) in [4.78, 5) is 9.14. The summed E-state index contributed by atoms with van der Waals surface area (Å²) in [7, 11) is 0. The van der Waals surface area contributed by atoms with E-state index in [1.54, 1.807) is 0 Å². The maximum Gasteiger partial charge on any atom is 0.136 e. The van der Waals surface area contributed by atoms with Crippen LogP contribution in [-0.4, -0.2) is 16.5 Å². The van der Waals surface area contributed by atoms with E-state index in [2.05, 4.69) is 65.6 Å². The molecule has 21 heavy (non-hydrogen) atoms. The number of anilines is 3. The maximum absolute atomic E-state index is 4.59. The number of hydrogen-bond donors (Lipinski definition) is 2. The highest BCUT2D eigenvalue weighted by Crippen LogP contribution is 2.18. The zero-order chi connectivity index (χ0) is 15.1. The van der Waals surface area contributed by atoms with Crippen LogP contribution in [0.25, 0.3) is 0 Å². The van der Waals surface area contributed by atoms with Crippen LogP contribution < -0.4 is 10.6 Å². The van der Waals surface area contributed by atoms with Gasteiger partial charge in [0.2, 0.25) is 0 Å². The molecule has 1 heterocycles. The number of aromatic nitrogens is 2. The van der Waals surface area contributed by atoms with Gasteiger partial charge in [0.05, 0.1) is 0 Å². The van der Waals surface area contributed by atoms with E-state index < -0.39 is 0 Å². The molecule has 0 bridgehead atoms. The Morgan fingerprint density at radius 1 is 0.952 bits per heavy atom. The van der Waals surface area contributed by atoms with Crippen LogP contribution in [0.1, 0.15) is 38.1 Å². The summed E-state index contributed by atoms with van der Waals surface area (Å²) in [5.41, 5.74) is 2.29. The van der Waals surface area contributed by atoms with Gasteiger partial charge in [-0.15, -0.1) is 0 Å². The quantitative estimate of drug-likeness (QED) is 0.795. The zero-order valence-electron chi connectivity index (χ0n) is 13.1. The Kier molecular flexibility index (Phi) is 5.55. The summed E-state index contributed by atoms with van der Waals surface area (Å²) in [6.45, 7) is 7.29. The Hall–Kier alpha value is -2.10. The van der Waals surface area contributed by atoms with E-state index >= 15 is 0 Å². The van der Waals surface area contributed by atoms with Crippen molar-refractivity contribution >= 4 is 17.3 Å². The number of rotatable bonds is 7. The minimum absolute atomic E-state index is 0.843. The second-order valence-corrected chi connectivity index (χ2v) is 5.22. The maximum atomic E-state index is 4.59. The minimum atomic E-state index is 0.843. The lowest BCUT2D eigenvalue weighted by molar-refractivity contribution is 0.834. The summed E-state index contributed by atoms with van der Waals surface area (Å²) in [5.74, 6) is 2.62. The van der Waals surface area contributed by atoms with Gasteiger partial charge in [-0.05, 0) is 31.9 Å². The second-order valence-electron chi connectivity index (χ2n) is 5.22. The van der Waals surface area contributed by atoms with Crippen LogP contribution in [0, 0.1) is 6.92 Å². The van der Waals surface area contributed by atoms with E-state index in [1.165, 1.54) is 5.56 Å². The fourth-order valence-electron chi connectivity index (χ4n) is 2.02. The predicted molar refractivity (Wildman–Crippen MR) is 89.3 cm³/mol. The molecule has 0 saturated carbocycles. The fraction of sp³-hybridized carbons (Fsp3) is 0.412. The topological polar surface area (TPSA) is 49.8 Å². The van der Waals surface area contributed by atoms with Gasteiger partial charge in [0, 0.05) is 24.7 Å². The molecule has 0 aliphatic carbocycles. The Balaban J connectivity index is 2.19. The van der Waals surface area contributed by atoms with Crippen LogP contribution in [0.4, 0.5) is 17.3 Å². The molecule has 0 aliphatic rings. The Bertz CT molecular complexity index is 564. The van der Waals surface area contributed by atoms with Crippen molar-refractivity contribution in [3.05, 3.63) is 41.7 Å². The highest BCUT2D eigenvalue weighted by molar-refractivity contribution is 5.59. The number of benzene rings is 1. The van der Waals surface area contributed by atoms with E-state index in [0.717, 1.165) is 49.0 Å². The molecule has 2 N–H and O–H groups in total. The molecule has 4 heteroatoms. The third-order valence-corrected chi connectivity index (χ3v) is 3.13. The van der Waals surface area contributed by atoms with Crippen LogP contribution in [0.3, 0.4) is 0 Å². The largest absolute Gasteiger partial charge is 0.370 e. The van der Waals surface area contributed by atoms with Crippen molar-refractivity contribution < 1.29 is 0 Å². The smallest absolute Gasteiger partial charge is 0.136 e. The lowest BCUT2D eigenvalue weighted by atomic mass is 10.2. The summed E-state index contributed by atoms with van der Waals surface area (Å²) in [6, 6.07) is 10.3. The molecule has 2 rings (SSSR count). The van der Waals surface area contributed by atoms with Crippen LogP contribution in [0.15, 0.2) is 30.3 Å². The number of nitrogens with one attached hydrogen (secondary N) is 2. The molecular formula is C17H24N4. The summed E-state index contributed by atoms with van der Waals surface area (Å²) >= 11 is 0. The van der Waals surface area contributed by atoms with Gasteiger partial charge in [0.15, 0.2) is 0 Å². The van der Waals surface area contributed by atoms with E-state index in [9.17, 15) is 0 Å². The average molecular weight is 284 g/mol. The van der Waals surface area contributed by atoms with Crippen molar-refractivity contribution in [1.29, 1.82) is 0 Å². The van der Waals surface area contributed by atoms with E-state index in [-0.39, 0.29) is 0 Å². The van der Waals surface area contributed by atoms with Crippen molar-refractivity contribution in [2.45, 2.75) is 40.0 Å². The van der Waals surface area contributed by atoms with Crippen molar-refractivity contribution in [3.8, 4) is 0 Å². The molecule has 0 atom stereocenters. The SMILES string of the molecule is CCCNc1cc(Nc2ccc(C)cc2)nc(CCC)n1. The molecule has 0 unspecified atom stereocenters. The molecule has 0 amide bonds. The molecule has 112 valence electrons. The zero-order valence-corrected chi connectivity index (χ0v) is 13.1. The fourth-order valence-corrected chi connectivity index (χ4v) is 2.02. The number of hydrogen-bond acceptors (Lipinski definition) is 4. The average Bonchev–Trinajstić information content (AvgIpc) is 2.48. The van der Waals surface area contributed by atoms with Crippen molar-refractivity contribution in [2.24, 2.45) is 0 Å². The molecule has 0 saturated heterocycles. The van der Waals surface area contributed by atoms with Crippen molar-refractivity contribution in [3.63, 3.8) is 0 Å². The Morgan fingerprint density at radius 2 is 1.67 bits per heavy atom. The van der Waals surface area contributed by atoms with Gasteiger partial charge in [0.1, 0.15) is 17.5 Å².